The molecule has 0 saturated heterocycles. The summed E-state index contributed by atoms with van der Waals surface area (Å²) in [4.78, 5) is 0. The monoisotopic (exact) mass is 307 g/mol. The van der Waals surface area contributed by atoms with Crippen LogP contribution in [-0.2, 0) is 6.42 Å². The minimum atomic E-state index is 0.564. The first-order valence-corrected chi connectivity index (χ1v) is 9.34. The van der Waals surface area contributed by atoms with E-state index >= 15 is 0 Å². The third-order valence-corrected chi connectivity index (χ3v) is 5.73. The van der Waals surface area contributed by atoms with Crippen LogP contribution in [0, 0.1) is 0 Å². The maximum atomic E-state index is 5.33. The summed E-state index contributed by atoms with van der Waals surface area (Å²) in [5, 5.41) is 4.54. The van der Waals surface area contributed by atoms with Crippen LogP contribution in [0.2, 0.25) is 0 Å². The Morgan fingerprint density at radius 1 is 1.29 bits per heavy atom. The first-order chi connectivity index (χ1) is 10.3. The molecule has 1 fully saturated rings. The largest absolute Gasteiger partial charge is 0.497 e. The molecule has 1 aromatic carbocycles. The molecule has 1 N–H and O–H groups in total. The van der Waals surface area contributed by atoms with Crippen molar-refractivity contribution < 1.29 is 4.74 Å². The number of rotatable bonds is 8. The van der Waals surface area contributed by atoms with Crippen LogP contribution in [0.25, 0.3) is 0 Å². The van der Waals surface area contributed by atoms with Gasteiger partial charge >= 0.3 is 0 Å². The van der Waals surface area contributed by atoms with Crippen LogP contribution in [0.3, 0.4) is 0 Å². The summed E-state index contributed by atoms with van der Waals surface area (Å²) in [7, 11) is 1.74. The summed E-state index contributed by atoms with van der Waals surface area (Å²) >= 11 is 2.18. The molecule has 0 amide bonds. The molecule has 1 aliphatic rings. The Morgan fingerprint density at radius 2 is 2.10 bits per heavy atom. The maximum absolute atomic E-state index is 5.33. The van der Waals surface area contributed by atoms with E-state index in [2.05, 4.69) is 42.2 Å². The Balaban J connectivity index is 1.85. The highest BCUT2D eigenvalue weighted by Crippen LogP contribution is 2.29. The molecule has 2 nitrogen and oxygen atoms in total. The van der Waals surface area contributed by atoms with Gasteiger partial charge in [0.15, 0.2) is 0 Å². The van der Waals surface area contributed by atoms with E-state index in [4.69, 9.17) is 4.74 Å². The fourth-order valence-electron chi connectivity index (χ4n) is 3.05. The predicted octanol–water partition coefficient (Wildman–Crippen LogP) is 4.28. The number of methoxy groups -OCH3 is 1. The van der Waals surface area contributed by atoms with Crippen LogP contribution in [0.1, 0.15) is 44.6 Å². The molecule has 1 saturated carbocycles. The minimum Gasteiger partial charge on any atom is -0.497 e. The van der Waals surface area contributed by atoms with Crippen LogP contribution in [-0.4, -0.2) is 30.7 Å². The zero-order valence-electron chi connectivity index (χ0n) is 13.4. The molecule has 0 spiro atoms. The number of likely N-dealkylation sites (N-methyl/N-ethyl adjacent to an activating group) is 1. The Labute approximate surface area is 134 Å². The van der Waals surface area contributed by atoms with Gasteiger partial charge < -0.3 is 10.1 Å². The van der Waals surface area contributed by atoms with Gasteiger partial charge in [0.2, 0.25) is 0 Å². The fraction of sp³-hybridized carbons (Fsp3) is 0.667. The van der Waals surface area contributed by atoms with Crippen molar-refractivity contribution in [3.05, 3.63) is 29.8 Å². The average Bonchev–Trinajstić information content (AvgIpc) is 2.54. The second-order valence-corrected chi connectivity index (χ2v) is 7.24. The molecule has 118 valence electrons. The van der Waals surface area contributed by atoms with Gasteiger partial charge in [-0.05, 0) is 43.5 Å². The Bertz CT molecular complexity index is 404. The molecular formula is C18H29NOS. The van der Waals surface area contributed by atoms with E-state index < -0.39 is 0 Å². The average molecular weight is 308 g/mol. The van der Waals surface area contributed by atoms with Crippen molar-refractivity contribution in [2.24, 2.45) is 0 Å². The second kappa shape index (κ2) is 9.37. The van der Waals surface area contributed by atoms with Crippen LogP contribution in [0.4, 0.5) is 0 Å². The fourth-order valence-corrected chi connectivity index (χ4v) is 4.45. The molecule has 0 aliphatic heterocycles. The molecule has 0 radical (unpaired) electrons. The van der Waals surface area contributed by atoms with Gasteiger partial charge in [0.1, 0.15) is 5.75 Å². The van der Waals surface area contributed by atoms with Crippen LogP contribution in [0.5, 0.6) is 5.75 Å². The first-order valence-electron chi connectivity index (χ1n) is 8.29. The van der Waals surface area contributed by atoms with Gasteiger partial charge in [0.05, 0.1) is 7.11 Å². The van der Waals surface area contributed by atoms with E-state index in [1.807, 2.05) is 6.07 Å². The van der Waals surface area contributed by atoms with Crippen molar-refractivity contribution in [1.29, 1.82) is 0 Å². The minimum absolute atomic E-state index is 0.564. The van der Waals surface area contributed by atoms with Crippen LogP contribution in [0.15, 0.2) is 24.3 Å². The van der Waals surface area contributed by atoms with Crippen molar-refractivity contribution in [3.63, 3.8) is 0 Å². The topological polar surface area (TPSA) is 21.3 Å². The highest BCUT2D eigenvalue weighted by molar-refractivity contribution is 7.99. The number of thioether (sulfide) groups is 1. The van der Waals surface area contributed by atoms with Gasteiger partial charge in [-0.2, -0.15) is 11.8 Å². The molecule has 2 rings (SSSR count). The van der Waals surface area contributed by atoms with Crippen LogP contribution >= 0.6 is 11.8 Å². The SMILES string of the molecule is CCNC(CSC1CCCCC1)Cc1cccc(OC)c1. The quantitative estimate of drug-likeness (QED) is 0.774. The van der Waals surface area contributed by atoms with Gasteiger partial charge in [0, 0.05) is 17.0 Å². The van der Waals surface area contributed by atoms with Crippen molar-refractivity contribution >= 4 is 11.8 Å². The zero-order chi connectivity index (χ0) is 14.9. The van der Waals surface area contributed by atoms with E-state index in [0.717, 1.165) is 24.0 Å². The zero-order valence-corrected chi connectivity index (χ0v) is 14.3. The third kappa shape index (κ3) is 5.91. The number of hydrogen-bond acceptors (Lipinski definition) is 3. The Morgan fingerprint density at radius 3 is 2.81 bits per heavy atom. The summed E-state index contributed by atoms with van der Waals surface area (Å²) in [6.07, 6.45) is 8.23. The number of nitrogens with one attached hydrogen (secondary N) is 1. The summed E-state index contributed by atoms with van der Waals surface area (Å²) in [6, 6.07) is 9.04. The number of benzene rings is 1. The number of ether oxygens (including phenoxy) is 1. The Hall–Kier alpha value is -0.670. The molecule has 0 bridgehead atoms. The Kier molecular flexibility index (Phi) is 7.45. The lowest BCUT2D eigenvalue weighted by atomic mass is 10.0. The van der Waals surface area contributed by atoms with Gasteiger partial charge in [0.25, 0.3) is 0 Å². The summed E-state index contributed by atoms with van der Waals surface area (Å²) in [5.74, 6) is 2.18. The highest BCUT2D eigenvalue weighted by atomic mass is 32.2. The normalized spacial score (nSPS) is 17.6. The number of hydrogen-bond donors (Lipinski definition) is 1. The standard InChI is InChI=1S/C18H29NOS/c1-3-19-16(14-21-18-10-5-4-6-11-18)12-15-8-7-9-17(13-15)20-2/h7-9,13,16,18-19H,3-6,10-12,14H2,1-2H3. The van der Waals surface area contributed by atoms with Gasteiger partial charge in [-0.1, -0.05) is 38.3 Å². The van der Waals surface area contributed by atoms with Gasteiger partial charge in [-0.25, -0.2) is 0 Å². The van der Waals surface area contributed by atoms with E-state index in [1.165, 1.54) is 43.4 Å². The van der Waals surface area contributed by atoms with Crippen molar-refractivity contribution in [1.82, 2.24) is 5.32 Å². The van der Waals surface area contributed by atoms with E-state index in [1.54, 1.807) is 7.11 Å². The lowest BCUT2D eigenvalue weighted by Gasteiger charge is -2.24. The predicted molar refractivity (Wildman–Crippen MR) is 93.5 cm³/mol. The lowest BCUT2D eigenvalue weighted by molar-refractivity contribution is 0.414. The van der Waals surface area contributed by atoms with Gasteiger partial charge in [-0.3, -0.25) is 0 Å². The molecule has 1 aliphatic carbocycles. The van der Waals surface area contributed by atoms with Crippen molar-refractivity contribution in [3.8, 4) is 5.75 Å². The molecule has 1 unspecified atom stereocenters. The van der Waals surface area contributed by atoms with E-state index in [-0.39, 0.29) is 0 Å². The third-order valence-electron chi connectivity index (χ3n) is 4.19. The molecule has 1 atom stereocenters. The molecule has 0 aromatic heterocycles. The van der Waals surface area contributed by atoms with Crippen molar-refractivity contribution in [2.45, 2.75) is 56.7 Å². The smallest absolute Gasteiger partial charge is 0.119 e. The van der Waals surface area contributed by atoms with E-state index in [0.29, 0.717) is 6.04 Å². The molecule has 1 aromatic rings. The summed E-state index contributed by atoms with van der Waals surface area (Å²) in [5.41, 5.74) is 1.37. The second-order valence-electron chi connectivity index (χ2n) is 5.90. The maximum Gasteiger partial charge on any atom is 0.119 e. The molecule has 3 heteroatoms. The van der Waals surface area contributed by atoms with Crippen LogP contribution < -0.4 is 10.1 Å². The van der Waals surface area contributed by atoms with E-state index in [9.17, 15) is 0 Å². The lowest BCUT2D eigenvalue weighted by Crippen LogP contribution is -2.34. The van der Waals surface area contributed by atoms with Gasteiger partial charge in [-0.15, -0.1) is 0 Å². The molecule has 0 heterocycles. The summed E-state index contributed by atoms with van der Waals surface area (Å²) in [6.45, 7) is 3.24. The molecular weight excluding hydrogens is 278 g/mol. The first kappa shape index (κ1) is 16.7. The summed E-state index contributed by atoms with van der Waals surface area (Å²) < 4.78 is 5.33. The van der Waals surface area contributed by atoms with Crippen molar-refractivity contribution in [2.75, 3.05) is 19.4 Å². The highest BCUT2D eigenvalue weighted by Gasteiger charge is 2.16. The molecule has 21 heavy (non-hydrogen) atoms.